The van der Waals surface area contributed by atoms with E-state index in [0.29, 0.717) is 18.2 Å². The van der Waals surface area contributed by atoms with Crippen LogP contribution in [0.15, 0.2) is 60.0 Å². The van der Waals surface area contributed by atoms with Crippen LogP contribution in [0.5, 0.6) is 0 Å². The number of hydrogen-bond donors (Lipinski definition) is 1. The number of nitrogens with zero attached hydrogens (tertiary/aromatic N) is 1. The van der Waals surface area contributed by atoms with E-state index < -0.39 is 0 Å². The minimum absolute atomic E-state index is 0.0118. The van der Waals surface area contributed by atoms with Crippen molar-refractivity contribution in [3.05, 3.63) is 75.6 Å². The van der Waals surface area contributed by atoms with E-state index in [1.807, 2.05) is 53.9 Å². The van der Waals surface area contributed by atoms with Crippen LogP contribution in [0.25, 0.3) is 11.3 Å². The van der Waals surface area contributed by atoms with Crippen molar-refractivity contribution in [1.82, 2.24) is 10.3 Å². The SMILES string of the molecule is O=C(COCc1ccccc1Cl)NCc1nc(-c2ccccc2)cs1. The molecule has 0 bridgehead atoms. The third-order valence-corrected chi connectivity index (χ3v) is 4.72. The van der Waals surface area contributed by atoms with Crippen molar-refractivity contribution in [1.29, 1.82) is 0 Å². The van der Waals surface area contributed by atoms with Crippen LogP contribution in [0, 0.1) is 0 Å². The van der Waals surface area contributed by atoms with Crippen molar-refractivity contribution >= 4 is 28.8 Å². The van der Waals surface area contributed by atoms with E-state index in [2.05, 4.69) is 10.3 Å². The summed E-state index contributed by atoms with van der Waals surface area (Å²) >= 11 is 7.57. The Morgan fingerprint density at radius 1 is 1.12 bits per heavy atom. The van der Waals surface area contributed by atoms with Crippen LogP contribution in [0.3, 0.4) is 0 Å². The van der Waals surface area contributed by atoms with Gasteiger partial charge in [0.25, 0.3) is 0 Å². The van der Waals surface area contributed by atoms with Gasteiger partial charge in [-0.05, 0) is 11.6 Å². The molecule has 128 valence electrons. The normalized spacial score (nSPS) is 10.6. The first kappa shape index (κ1) is 17.6. The van der Waals surface area contributed by atoms with Crippen LogP contribution in [0.1, 0.15) is 10.6 Å². The van der Waals surface area contributed by atoms with E-state index in [1.54, 1.807) is 6.07 Å². The maximum atomic E-state index is 11.9. The molecule has 6 heteroatoms. The summed E-state index contributed by atoms with van der Waals surface area (Å²) in [4.78, 5) is 16.4. The minimum atomic E-state index is -0.177. The fraction of sp³-hybridized carbons (Fsp3) is 0.158. The second-order valence-corrected chi connectivity index (χ2v) is 6.70. The van der Waals surface area contributed by atoms with Gasteiger partial charge >= 0.3 is 0 Å². The van der Waals surface area contributed by atoms with E-state index in [9.17, 15) is 4.79 Å². The van der Waals surface area contributed by atoms with E-state index in [4.69, 9.17) is 16.3 Å². The second kappa shape index (κ2) is 8.76. The number of aromatic nitrogens is 1. The van der Waals surface area contributed by atoms with E-state index in [-0.39, 0.29) is 12.5 Å². The van der Waals surface area contributed by atoms with Gasteiger partial charge in [-0.3, -0.25) is 4.79 Å². The van der Waals surface area contributed by atoms with Crippen LogP contribution >= 0.6 is 22.9 Å². The van der Waals surface area contributed by atoms with E-state index in [0.717, 1.165) is 21.8 Å². The molecule has 1 aromatic heterocycles. The van der Waals surface area contributed by atoms with Gasteiger partial charge in [0.1, 0.15) is 11.6 Å². The smallest absolute Gasteiger partial charge is 0.246 e. The number of ether oxygens (including phenoxy) is 1. The molecule has 0 aliphatic heterocycles. The molecule has 0 aliphatic rings. The molecule has 0 unspecified atom stereocenters. The number of halogens is 1. The molecule has 0 saturated heterocycles. The molecule has 0 fully saturated rings. The monoisotopic (exact) mass is 372 g/mol. The number of thiazole rings is 1. The lowest BCUT2D eigenvalue weighted by molar-refractivity contribution is -0.126. The summed E-state index contributed by atoms with van der Waals surface area (Å²) in [5, 5.41) is 6.30. The number of nitrogens with one attached hydrogen (secondary N) is 1. The highest BCUT2D eigenvalue weighted by Gasteiger charge is 2.07. The van der Waals surface area contributed by atoms with Crippen LogP contribution in [-0.4, -0.2) is 17.5 Å². The zero-order chi connectivity index (χ0) is 17.5. The average Bonchev–Trinajstić information content (AvgIpc) is 3.11. The molecule has 0 atom stereocenters. The summed E-state index contributed by atoms with van der Waals surface area (Å²) in [6.45, 7) is 0.691. The fourth-order valence-corrected chi connectivity index (χ4v) is 3.16. The Bertz CT molecular complexity index is 836. The molecular weight excluding hydrogens is 356 g/mol. The zero-order valence-corrected chi connectivity index (χ0v) is 15.0. The highest BCUT2D eigenvalue weighted by molar-refractivity contribution is 7.09. The molecule has 3 rings (SSSR count). The second-order valence-electron chi connectivity index (χ2n) is 5.35. The largest absolute Gasteiger partial charge is 0.367 e. The molecule has 0 radical (unpaired) electrons. The number of hydrogen-bond acceptors (Lipinski definition) is 4. The van der Waals surface area contributed by atoms with Gasteiger partial charge in [0.15, 0.2) is 0 Å². The summed E-state index contributed by atoms with van der Waals surface area (Å²) in [6.07, 6.45) is 0. The predicted molar refractivity (Wildman–Crippen MR) is 101 cm³/mol. The first-order valence-electron chi connectivity index (χ1n) is 7.80. The third kappa shape index (κ3) is 5.13. The van der Waals surface area contributed by atoms with Crippen molar-refractivity contribution in [3.8, 4) is 11.3 Å². The summed E-state index contributed by atoms with van der Waals surface area (Å²) in [5.41, 5.74) is 2.86. The van der Waals surface area contributed by atoms with Crippen molar-refractivity contribution in [2.75, 3.05) is 6.61 Å². The molecule has 2 aromatic carbocycles. The molecule has 1 N–H and O–H groups in total. The number of amides is 1. The quantitative estimate of drug-likeness (QED) is 0.672. The molecule has 1 amide bonds. The number of benzene rings is 2. The summed E-state index contributed by atoms with van der Waals surface area (Å²) in [6, 6.07) is 17.4. The molecule has 25 heavy (non-hydrogen) atoms. The molecule has 4 nitrogen and oxygen atoms in total. The Kier molecular flexibility index (Phi) is 6.17. The first-order chi connectivity index (χ1) is 12.2. The van der Waals surface area contributed by atoms with Gasteiger partial charge in [0.2, 0.25) is 5.91 Å². The molecule has 0 saturated carbocycles. The van der Waals surface area contributed by atoms with Gasteiger partial charge in [0, 0.05) is 16.0 Å². The molecule has 3 aromatic rings. The van der Waals surface area contributed by atoms with E-state index >= 15 is 0 Å². The molecule has 0 spiro atoms. The highest BCUT2D eigenvalue weighted by atomic mass is 35.5. The maximum absolute atomic E-state index is 11.9. The Morgan fingerprint density at radius 3 is 2.68 bits per heavy atom. The Hall–Kier alpha value is -2.21. The van der Waals surface area contributed by atoms with Gasteiger partial charge in [-0.25, -0.2) is 4.98 Å². The number of rotatable bonds is 7. The lowest BCUT2D eigenvalue weighted by Crippen LogP contribution is -2.27. The Balaban J connectivity index is 1.44. The summed E-state index contributed by atoms with van der Waals surface area (Å²) in [7, 11) is 0. The topological polar surface area (TPSA) is 51.2 Å². The van der Waals surface area contributed by atoms with Gasteiger partial charge < -0.3 is 10.1 Å². The third-order valence-electron chi connectivity index (χ3n) is 3.51. The maximum Gasteiger partial charge on any atom is 0.246 e. The van der Waals surface area contributed by atoms with Crippen LogP contribution < -0.4 is 5.32 Å². The fourth-order valence-electron chi connectivity index (χ4n) is 2.23. The lowest BCUT2D eigenvalue weighted by Gasteiger charge is -2.06. The molecule has 1 heterocycles. The van der Waals surface area contributed by atoms with Gasteiger partial charge in [-0.15, -0.1) is 11.3 Å². The van der Waals surface area contributed by atoms with Crippen molar-refractivity contribution in [3.63, 3.8) is 0 Å². The summed E-state index contributed by atoms with van der Waals surface area (Å²) < 4.78 is 5.41. The minimum Gasteiger partial charge on any atom is -0.367 e. The number of carbonyl (C=O) groups is 1. The van der Waals surface area contributed by atoms with Gasteiger partial charge in [-0.2, -0.15) is 0 Å². The Morgan fingerprint density at radius 2 is 1.88 bits per heavy atom. The van der Waals surface area contributed by atoms with Gasteiger partial charge in [-0.1, -0.05) is 60.1 Å². The standard InChI is InChI=1S/C19H17ClN2O2S/c20-16-9-5-4-8-15(16)11-24-12-18(23)21-10-19-22-17(13-25-19)14-6-2-1-3-7-14/h1-9,13H,10-12H2,(H,21,23). The molecule has 0 aliphatic carbocycles. The van der Waals surface area contributed by atoms with Crippen molar-refractivity contribution in [2.45, 2.75) is 13.2 Å². The highest BCUT2D eigenvalue weighted by Crippen LogP contribution is 2.21. The van der Waals surface area contributed by atoms with Gasteiger partial charge in [0.05, 0.1) is 18.8 Å². The van der Waals surface area contributed by atoms with Crippen LogP contribution in [0.4, 0.5) is 0 Å². The zero-order valence-electron chi connectivity index (χ0n) is 13.4. The first-order valence-corrected chi connectivity index (χ1v) is 9.06. The number of carbonyl (C=O) groups excluding carboxylic acids is 1. The summed E-state index contributed by atoms with van der Waals surface area (Å²) in [5.74, 6) is -0.177. The van der Waals surface area contributed by atoms with Crippen LogP contribution in [-0.2, 0) is 22.7 Å². The van der Waals surface area contributed by atoms with Crippen LogP contribution in [0.2, 0.25) is 5.02 Å². The molecular formula is C19H17ClN2O2S. The van der Waals surface area contributed by atoms with Crippen molar-refractivity contribution in [2.24, 2.45) is 0 Å². The average molecular weight is 373 g/mol. The predicted octanol–water partition coefficient (Wildman–Crippen LogP) is 4.30. The lowest BCUT2D eigenvalue weighted by atomic mass is 10.2. The van der Waals surface area contributed by atoms with E-state index in [1.165, 1.54) is 11.3 Å². The Labute approximate surface area is 155 Å². The van der Waals surface area contributed by atoms with Crippen molar-refractivity contribution < 1.29 is 9.53 Å².